The maximum Gasteiger partial charge on any atom is 0.333 e. The van der Waals surface area contributed by atoms with Gasteiger partial charge in [0.05, 0.1) is 11.1 Å². The van der Waals surface area contributed by atoms with E-state index >= 15 is 0 Å². The predicted molar refractivity (Wildman–Crippen MR) is 212 cm³/mol. The van der Waals surface area contributed by atoms with Crippen molar-refractivity contribution in [3.8, 4) is 22.3 Å². The quantitative estimate of drug-likeness (QED) is 0.150. The second kappa shape index (κ2) is 9.01. The van der Waals surface area contributed by atoms with Crippen molar-refractivity contribution in [1.82, 2.24) is 0 Å². The van der Waals surface area contributed by atoms with Crippen LogP contribution in [0.2, 0.25) is 0 Å². The SMILES string of the molecule is Cc1cc2c3c(c1)N1c4ccccc4C4(c5ccccc5-c5ccccc54)c4cccc(c41)B3N1c3ccccc3S(C)(C)c3cccc-2c31. The van der Waals surface area contributed by atoms with Crippen LogP contribution >= 0.6 is 10.0 Å². The molecule has 12 rings (SSSR count). The minimum Gasteiger partial charge on any atom is -0.375 e. The van der Waals surface area contributed by atoms with Crippen LogP contribution in [0.4, 0.5) is 28.4 Å². The largest absolute Gasteiger partial charge is 0.375 e. The van der Waals surface area contributed by atoms with Crippen LogP contribution in [0.25, 0.3) is 22.3 Å². The second-order valence-corrected chi connectivity index (χ2v) is 18.4. The van der Waals surface area contributed by atoms with E-state index in [0.29, 0.717) is 0 Å². The van der Waals surface area contributed by atoms with Crippen LogP contribution in [0, 0.1) is 6.92 Å². The molecule has 0 fully saturated rings. The fourth-order valence-electron chi connectivity index (χ4n) is 10.5. The molecule has 2 nitrogen and oxygen atoms in total. The van der Waals surface area contributed by atoms with Gasteiger partial charge in [-0.05, 0) is 105 Å². The van der Waals surface area contributed by atoms with Gasteiger partial charge in [0.1, 0.15) is 0 Å². The van der Waals surface area contributed by atoms with Gasteiger partial charge in [-0.3, -0.25) is 0 Å². The van der Waals surface area contributed by atoms with Gasteiger partial charge < -0.3 is 9.71 Å². The zero-order chi connectivity index (χ0) is 33.1. The molecule has 0 radical (unpaired) electrons. The fraction of sp³-hybridized carbons (Fsp3) is 0.0870. The molecule has 0 bridgehead atoms. The smallest absolute Gasteiger partial charge is 0.333 e. The van der Waals surface area contributed by atoms with E-state index in [0.717, 1.165) is 0 Å². The van der Waals surface area contributed by atoms with E-state index in [-0.39, 0.29) is 6.85 Å². The summed E-state index contributed by atoms with van der Waals surface area (Å²) in [6.45, 7) is 2.31. The van der Waals surface area contributed by atoms with Crippen molar-refractivity contribution < 1.29 is 0 Å². The summed E-state index contributed by atoms with van der Waals surface area (Å²) in [5.41, 5.74) is 21.2. The average Bonchev–Trinajstić information content (AvgIpc) is 3.44. The lowest BCUT2D eigenvalue weighted by atomic mass is 9.42. The van der Waals surface area contributed by atoms with E-state index in [4.69, 9.17) is 0 Å². The van der Waals surface area contributed by atoms with Crippen molar-refractivity contribution in [2.45, 2.75) is 22.1 Å². The highest BCUT2D eigenvalue weighted by Crippen LogP contribution is 2.69. The maximum atomic E-state index is 2.73. The Hall–Kier alpha value is -5.45. The lowest BCUT2D eigenvalue weighted by Crippen LogP contribution is -2.63. The molecule has 0 saturated carbocycles. The number of hydrogen-bond acceptors (Lipinski definition) is 2. The van der Waals surface area contributed by atoms with Crippen molar-refractivity contribution in [3.05, 3.63) is 173 Å². The minimum absolute atomic E-state index is 0.0336. The molecule has 0 unspecified atom stereocenters. The van der Waals surface area contributed by atoms with E-state index < -0.39 is 15.4 Å². The maximum absolute atomic E-state index is 2.73. The third-order valence-corrected chi connectivity index (χ3v) is 15.2. The summed E-state index contributed by atoms with van der Waals surface area (Å²) in [6.07, 6.45) is 4.97. The highest BCUT2D eigenvalue weighted by Gasteiger charge is 2.56. The number of anilines is 5. The first-order valence-electron chi connectivity index (χ1n) is 17.6. The van der Waals surface area contributed by atoms with Crippen molar-refractivity contribution in [1.29, 1.82) is 0 Å². The van der Waals surface area contributed by atoms with Gasteiger partial charge in [0.15, 0.2) is 0 Å². The first-order chi connectivity index (χ1) is 24.5. The number of aryl methyl sites for hydroxylation is 1. The monoisotopic (exact) mass is 656 g/mol. The zero-order valence-corrected chi connectivity index (χ0v) is 29.1. The molecule has 0 amide bonds. The molecule has 1 spiro atoms. The van der Waals surface area contributed by atoms with Crippen LogP contribution in [0.3, 0.4) is 0 Å². The Morgan fingerprint density at radius 3 is 1.88 bits per heavy atom. The summed E-state index contributed by atoms with van der Waals surface area (Å²) in [5.74, 6) is 0. The Kier molecular flexibility index (Phi) is 4.94. The molecule has 236 valence electrons. The first-order valence-corrected chi connectivity index (χ1v) is 20.1. The Labute approximate surface area is 295 Å². The summed E-state index contributed by atoms with van der Waals surface area (Å²) < 4.78 is 0. The second-order valence-electron chi connectivity index (χ2n) is 14.9. The molecule has 1 aliphatic carbocycles. The molecule has 4 aliphatic heterocycles. The van der Waals surface area contributed by atoms with Crippen molar-refractivity contribution in [2.24, 2.45) is 0 Å². The Bertz CT molecular complexity index is 2650. The van der Waals surface area contributed by atoms with E-state index in [9.17, 15) is 0 Å². The van der Waals surface area contributed by atoms with Gasteiger partial charge >= 0.3 is 6.85 Å². The normalized spacial score (nSPS) is 17.1. The summed E-state index contributed by atoms with van der Waals surface area (Å²) in [6, 6.07) is 56.0. The summed E-state index contributed by atoms with van der Waals surface area (Å²) in [5, 5.41) is 0. The van der Waals surface area contributed by atoms with Crippen LogP contribution in [-0.4, -0.2) is 19.4 Å². The molecule has 0 saturated heterocycles. The minimum atomic E-state index is -1.24. The summed E-state index contributed by atoms with van der Waals surface area (Å²) in [7, 11) is -1.24. The number of nitrogens with zero attached hydrogens (tertiary/aromatic N) is 2. The van der Waals surface area contributed by atoms with E-state index in [1.807, 2.05) is 0 Å². The molecule has 0 N–H and O–H groups in total. The molecular formula is C46H33BN2S. The van der Waals surface area contributed by atoms with Crippen molar-refractivity contribution >= 4 is 56.2 Å². The topological polar surface area (TPSA) is 6.48 Å². The zero-order valence-electron chi connectivity index (χ0n) is 28.2. The van der Waals surface area contributed by atoms with Gasteiger partial charge in [0.2, 0.25) is 0 Å². The van der Waals surface area contributed by atoms with Gasteiger partial charge in [0.25, 0.3) is 0 Å². The molecule has 4 heteroatoms. The lowest BCUT2D eigenvalue weighted by molar-refractivity contribution is 0.753. The molecule has 0 atom stereocenters. The fourth-order valence-corrected chi connectivity index (χ4v) is 13.0. The van der Waals surface area contributed by atoms with E-state index in [2.05, 4.69) is 175 Å². The Morgan fingerprint density at radius 2 is 1.10 bits per heavy atom. The van der Waals surface area contributed by atoms with Crippen LogP contribution in [0.1, 0.15) is 27.8 Å². The summed E-state index contributed by atoms with van der Waals surface area (Å²) >= 11 is 0. The average molecular weight is 657 g/mol. The number of rotatable bonds is 0. The van der Waals surface area contributed by atoms with Crippen LogP contribution in [-0.2, 0) is 5.41 Å². The van der Waals surface area contributed by atoms with Gasteiger partial charge in [-0.1, -0.05) is 115 Å². The Morgan fingerprint density at radius 1 is 0.500 bits per heavy atom. The molecule has 50 heavy (non-hydrogen) atoms. The first kappa shape index (κ1) is 27.4. The van der Waals surface area contributed by atoms with Gasteiger partial charge in [-0.2, -0.15) is 10.0 Å². The van der Waals surface area contributed by atoms with Crippen LogP contribution in [0.15, 0.2) is 155 Å². The van der Waals surface area contributed by atoms with E-state index in [1.165, 1.54) is 99.2 Å². The standard InChI is InChI=1S/C46H33BN2S/c1-28-26-32-31-16-12-25-42-44(31)49(39-23-10-11-24-41(39)50(42,2)3)47-37-21-13-20-36-45(37)48(40(27-28)43(32)47)38-22-9-8-19-35(38)46(36)33-17-6-4-14-29(33)30-15-5-7-18-34(30)46/h4-27H,1-3H3. The molecule has 5 aliphatic rings. The van der Waals surface area contributed by atoms with Crippen molar-refractivity contribution in [3.63, 3.8) is 0 Å². The Balaban J connectivity index is 1.27. The molecular weight excluding hydrogens is 623 g/mol. The summed E-state index contributed by atoms with van der Waals surface area (Å²) in [4.78, 5) is 8.32. The van der Waals surface area contributed by atoms with Crippen LogP contribution in [0.5, 0.6) is 0 Å². The third kappa shape index (κ3) is 2.92. The lowest BCUT2D eigenvalue weighted by Gasteiger charge is -2.54. The molecule has 0 aromatic heterocycles. The number of para-hydroxylation sites is 4. The molecule has 4 heterocycles. The van der Waals surface area contributed by atoms with Gasteiger partial charge in [-0.25, -0.2) is 0 Å². The number of hydrogen-bond donors (Lipinski definition) is 0. The highest BCUT2D eigenvalue weighted by molar-refractivity contribution is 8.33. The predicted octanol–water partition coefficient (Wildman–Crippen LogP) is 10.2. The van der Waals surface area contributed by atoms with Crippen molar-refractivity contribution in [2.75, 3.05) is 22.2 Å². The number of benzene rings is 7. The van der Waals surface area contributed by atoms with E-state index in [1.54, 1.807) is 0 Å². The van der Waals surface area contributed by atoms with Gasteiger partial charge in [-0.15, -0.1) is 0 Å². The third-order valence-electron chi connectivity index (χ3n) is 12.3. The van der Waals surface area contributed by atoms with Gasteiger partial charge in [0, 0.05) is 38.1 Å². The van der Waals surface area contributed by atoms with Crippen LogP contribution < -0.4 is 20.6 Å². The highest BCUT2D eigenvalue weighted by atomic mass is 32.3. The number of fused-ring (bicyclic) bond motifs is 15. The molecule has 7 aromatic rings. The molecule has 7 aromatic carbocycles.